The van der Waals surface area contributed by atoms with Gasteiger partial charge in [-0.15, -0.1) is 0 Å². The number of rotatable bonds is 5. The van der Waals surface area contributed by atoms with E-state index in [0.29, 0.717) is 32.9 Å². The number of hydrogen-bond donors (Lipinski definition) is 1. The quantitative estimate of drug-likeness (QED) is 0.829. The van der Waals surface area contributed by atoms with Gasteiger partial charge in [-0.3, -0.25) is 4.79 Å². The highest BCUT2D eigenvalue weighted by atomic mass is 79.9. The van der Waals surface area contributed by atoms with E-state index in [2.05, 4.69) is 21.2 Å². The monoisotopic (exact) mass is 396 g/mol. The second-order valence-corrected chi connectivity index (χ2v) is 7.02. The predicted molar refractivity (Wildman–Crippen MR) is 91.6 cm³/mol. The molecule has 24 heavy (non-hydrogen) atoms. The number of carbonyl (C=O) groups is 2. The Balaban J connectivity index is 1.67. The molecule has 2 aliphatic heterocycles. The number of ether oxygens (including phenoxy) is 2. The van der Waals surface area contributed by atoms with Crippen LogP contribution in [0.25, 0.3) is 0 Å². The fourth-order valence-corrected chi connectivity index (χ4v) is 3.59. The molecule has 0 bridgehead atoms. The minimum absolute atomic E-state index is 0.0587. The summed E-state index contributed by atoms with van der Waals surface area (Å²) in [5.41, 5.74) is 0.666. The molecule has 2 aliphatic rings. The van der Waals surface area contributed by atoms with Crippen LogP contribution in [0, 0.1) is 0 Å². The second kappa shape index (κ2) is 7.53. The Hall–Kier alpha value is -1.60. The van der Waals surface area contributed by atoms with Gasteiger partial charge in [0.25, 0.3) is 0 Å². The second-order valence-electron chi connectivity index (χ2n) is 6.10. The van der Waals surface area contributed by atoms with Crippen molar-refractivity contribution in [1.82, 2.24) is 10.2 Å². The maximum atomic E-state index is 12.5. The van der Waals surface area contributed by atoms with Gasteiger partial charge >= 0.3 is 6.09 Å². The molecule has 130 valence electrons. The van der Waals surface area contributed by atoms with Gasteiger partial charge in [0.15, 0.2) is 0 Å². The Morgan fingerprint density at radius 3 is 2.75 bits per heavy atom. The first-order chi connectivity index (χ1) is 11.6. The van der Waals surface area contributed by atoms with Crippen LogP contribution in [0.1, 0.15) is 24.8 Å². The average Bonchev–Trinajstić information content (AvgIpc) is 2.99. The number of halogens is 1. The van der Waals surface area contributed by atoms with E-state index in [-0.39, 0.29) is 18.4 Å². The zero-order chi connectivity index (χ0) is 17.0. The summed E-state index contributed by atoms with van der Waals surface area (Å²) in [5, 5.41) is 3.20. The first-order valence-electron chi connectivity index (χ1n) is 8.16. The molecule has 0 saturated carbocycles. The molecular weight excluding hydrogens is 376 g/mol. The molecule has 2 fully saturated rings. The summed E-state index contributed by atoms with van der Waals surface area (Å²) in [5.74, 6) is -0.0587. The maximum absolute atomic E-state index is 12.5. The van der Waals surface area contributed by atoms with Crippen LogP contribution in [-0.2, 0) is 19.8 Å². The summed E-state index contributed by atoms with van der Waals surface area (Å²) in [4.78, 5) is 25.5. The Morgan fingerprint density at radius 2 is 2.08 bits per heavy atom. The van der Waals surface area contributed by atoms with Crippen LogP contribution < -0.4 is 5.32 Å². The summed E-state index contributed by atoms with van der Waals surface area (Å²) in [7, 11) is 0. The lowest BCUT2D eigenvalue weighted by Crippen LogP contribution is -2.50. The lowest BCUT2D eigenvalue weighted by atomic mass is 9.82. The van der Waals surface area contributed by atoms with E-state index in [1.165, 1.54) is 0 Å². The fraction of sp³-hybridized carbons (Fsp3) is 0.529. The normalized spacial score (nSPS) is 19.9. The number of nitrogens with zero attached hydrogens (tertiary/aromatic N) is 1. The largest absolute Gasteiger partial charge is 0.448 e. The van der Waals surface area contributed by atoms with E-state index in [4.69, 9.17) is 9.47 Å². The van der Waals surface area contributed by atoms with Gasteiger partial charge in [0.1, 0.15) is 6.61 Å². The molecule has 0 unspecified atom stereocenters. The van der Waals surface area contributed by atoms with Crippen molar-refractivity contribution >= 4 is 27.9 Å². The third-order valence-corrected chi connectivity index (χ3v) is 5.05. The van der Waals surface area contributed by atoms with Gasteiger partial charge in [-0.2, -0.15) is 0 Å². The molecule has 2 amide bonds. The number of nitrogens with one attached hydrogen (secondary N) is 1. The van der Waals surface area contributed by atoms with Gasteiger partial charge in [-0.1, -0.05) is 28.1 Å². The topological polar surface area (TPSA) is 67.9 Å². The standard InChI is InChI=1S/C17H21BrN2O4/c18-14-3-1-2-13(12-14)17(5-9-23-10-6-17)19-15(21)4-7-20-8-11-24-16(20)22/h1-3,12H,4-11H2,(H,19,21). The van der Waals surface area contributed by atoms with Crippen LogP contribution in [-0.4, -0.2) is 49.8 Å². The molecule has 2 heterocycles. The van der Waals surface area contributed by atoms with E-state index in [1.807, 2.05) is 24.3 Å². The molecule has 6 nitrogen and oxygen atoms in total. The van der Waals surface area contributed by atoms with Crippen LogP contribution >= 0.6 is 15.9 Å². The van der Waals surface area contributed by atoms with E-state index >= 15 is 0 Å². The minimum Gasteiger partial charge on any atom is -0.448 e. The molecule has 0 aromatic heterocycles. The van der Waals surface area contributed by atoms with Crippen LogP contribution in [0.15, 0.2) is 28.7 Å². The molecule has 0 atom stereocenters. The van der Waals surface area contributed by atoms with E-state index in [9.17, 15) is 9.59 Å². The van der Waals surface area contributed by atoms with Gasteiger partial charge in [0.05, 0.1) is 12.1 Å². The van der Waals surface area contributed by atoms with Crippen molar-refractivity contribution in [3.05, 3.63) is 34.3 Å². The molecule has 2 saturated heterocycles. The van der Waals surface area contributed by atoms with Gasteiger partial charge in [0, 0.05) is 30.7 Å². The molecule has 3 rings (SSSR count). The first-order valence-corrected chi connectivity index (χ1v) is 8.95. The Bertz CT molecular complexity index is 616. The van der Waals surface area contributed by atoms with Gasteiger partial charge in [-0.05, 0) is 30.5 Å². The lowest BCUT2D eigenvalue weighted by molar-refractivity contribution is -0.124. The third kappa shape index (κ3) is 3.89. The molecule has 7 heteroatoms. The summed E-state index contributed by atoms with van der Waals surface area (Å²) >= 11 is 3.50. The number of benzene rings is 1. The van der Waals surface area contributed by atoms with Crippen molar-refractivity contribution < 1.29 is 19.1 Å². The molecular formula is C17H21BrN2O4. The van der Waals surface area contributed by atoms with Gasteiger partial charge in [0.2, 0.25) is 5.91 Å². The Labute approximate surface area is 149 Å². The fourth-order valence-electron chi connectivity index (χ4n) is 3.19. The van der Waals surface area contributed by atoms with Crippen molar-refractivity contribution in [3.8, 4) is 0 Å². The molecule has 0 aliphatic carbocycles. The van der Waals surface area contributed by atoms with Crippen molar-refractivity contribution in [1.29, 1.82) is 0 Å². The van der Waals surface area contributed by atoms with Gasteiger partial charge < -0.3 is 19.7 Å². The summed E-state index contributed by atoms with van der Waals surface area (Å²) in [6, 6.07) is 8.03. The smallest absolute Gasteiger partial charge is 0.409 e. The van der Waals surface area contributed by atoms with E-state index in [1.54, 1.807) is 4.90 Å². The van der Waals surface area contributed by atoms with Gasteiger partial charge in [-0.25, -0.2) is 4.79 Å². The molecule has 1 aromatic carbocycles. The van der Waals surface area contributed by atoms with Crippen LogP contribution in [0.3, 0.4) is 0 Å². The SMILES string of the molecule is O=C(CCN1CCOC1=O)NC1(c2cccc(Br)c2)CCOCC1. The zero-order valence-corrected chi connectivity index (χ0v) is 15.0. The third-order valence-electron chi connectivity index (χ3n) is 4.56. The minimum atomic E-state index is -0.412. The molecule has 1 aromatic rings. The van der Waals surface area contributed by atoms with Crippen molar-refractivity contribution in [2.75, 3.05) is 32.9 Å². The van der Waals surface area contributed by atoms with Crippen molar-refractivity contribution in [2.45, 2.75) is 24.8 Å². The number of carbonyl (C=O) groups excluding carboxylic acids is 2. The highest BCUT2D eigenvalue weighted by Gasteiger charge is 2.36. The number of hydrogen-bond acceptors (Lipinski definition) is 4. The lowest BCUT2D eigenvalue weighted by Gasteiger charge is -2.38. The first kappa shape index (κ1) is 17.2. The van der Waals surface area contributed by atoms with Crippen LogP contribution in [0.2, 0.25) is 0 Å². The number of amides is 2. The number of cyclic esters (lactones) is 1. The Kier molecular flexibility index (Phi) is 5.40. The van der Waals surface area contributed by atoms with Crippen LogP contribution in [0.4, 0.5) is 4.79 Å². The van der Waals surface area contributed by atoms with Crippen molar-refractivity contribution in [3.63, 3.8) is 0 Å². The predicted octanol–water partition coefficient (Wildman–Crippen LogP) is 2.41. The summed E-state index contributed by atoms with van der Waals surface area (Å²) in [6.07, 6.45) is 1.41. The average molecular weight is 397 g/mol. The summed E-state index contributed by atoms with van der Waals surface area (Å²) in [6.45, 7) is 2.57. The van der Waals surface area contributed by atoms with E-state index < -0.39 is 5.54 Å². The highest BCUT2D eigenvalue weighted by molar-refractivity contribution is 9.10. The van der Waals surface area contributed by atoms with Crippen LogP contribution in [0.5, 0.6) is 0 Å². The highest BCUT2D eigenvalue weighted by Crippen LogP contribution is 2.33. The van der Waals surface area contributed by atoms with E-state index in [0.717, 1.165) is 22.9 Å². The molecule has 0 radical (unpaired) electrons. The molecule has 1 N–H and O–H groups in total. The summed E-state index contributed by atoms with van der Waals surface area (Å²) < 4.78 is 11.4. The molecule has 0 spiro atoms. The van der Waals surface area contributed by atoms with Crippen molar-refractivity contribution in [2.24, 2.45) is 0 Å². The Morgan fingerprint density at radius 1 is 1.29 bits per heavy atom. The maximum Gasteiger partial charge on any atom is 0.409 e. The zero-order valence-electron chi connectivity index (χ0n) is 13.4.